The second kappa shape index (κ2) is 14.3. The summed E-state index contributed by atoms with van der Waals surface area (Å²) in [5, 5.41) is 1.07. The maximum atomic E-state index is 14.0. The molecule has 0 amide bonds. The lowest BCUT2D eigenvalue weighted by Gasteiger charge is -2.43. The molecule has 26 heteroatoms. The molecule has 2 N–H and O–H groups in total. The number of ether oxygens (including phenoxy) is 1. The molecule has 0 saturated carbocycles. The topological polar surface area (TPSA) is 83.8 Å². The highest BCUT2D eigenvalue weighted by molar-refractivity contribution is 7.86. The third-order valence-corrected chi connectivity index (χ3v) is 7.25. The van der Waals surface area contributed by atoms with Gasteiger partial charge in [-0.1, -0.05) is 44.9 Å². The van der Waals surface area contributed by atoms with E-state index in [2.05, 4.69) is 0 Å². The highest BCUT2D eigenvalue weighted by Gasteiger charge is 2.95. The summed E-state index contributed by atoms with van der Waals surface area (Å²) in [6, 6.07) is 0. The first-order chi connectivity index (χ1) is 20.5. The number of aliphatic hydroxyl groups is 1. The van der Waals surface area contributed by atoms with Crippen molar-refractivity contribution in [2.24, 2.45) is 0 Å². The summed E-state index contributed by atoms with van der Waals surface area (Å²) >= 11 is 0. The molecule has 5 nitrogen and oxygen atoms in total. The molecule has 0 spiro atoms. The van der Waals surface area contributed by atoms with Crippen molar-refractivity contribution < 1.29 is 111 Å². The summed E-state index contributed by atoms with van der Waals surface area (Å²) in [6.45, 7) is -0.103. The smallest absolute Gasteiger partial charge is 0.396 e. The van der Waals surface area contributed by atoms with Crippen LogP contribution in [-0.4, -0.2) is 83.6 Å². The van der Waals surface area contributed by atoms with E-state index in [1.54, 1.807) is 0 Å². The van der Waals surface area contributed by atoms with Crippen molar-refractivity contribution in [1.29, 1.82) is 0 Å². The first kappa shape index (κ1) is 45.4. The van der Waals surface area contributed by atoms with Gasteiger partial charge in [-0.15, -0.1) is 0 Å². The van der Waals surface area contributed by atoms with E-state index in [9.17, 15) is 96.2 Å². The second-order valence-electron chi connectivity index (χ2n) is 9.93. The first-order valence-electron chi connectivity index (χ1n) is 12.6. The van der Waals surface area contributed by atoms with E-state index in [-0.39, 0.29) is 19.4 Å². The Kier molecular flexibility index (Phi) is 13.9. The average molecular weight is 768 g/mol. The van der Waals surface area contributed by atoms with E-state index >= 15 is 0 Å². The monoisotopic (exact) mass is 768 g/mol. The molecule has 284 valence electrons. The van der Waals surface area contributed by atoms with Crippen LogP contribution in [0, 0.1) is 0 Å². The van der Waals surface area contributed by atoms with Crippen LogP contribution in [0.3, 0.4) is 0 Å². The number of alkyl halides is 20. The Labute approximate surface area is 251 Å². The Bertz CT molecular complexity index is 1130. The predicted molar refractivity (Wildman–Crippen MR) is 115 cm³/mol. The molecular weight excluding hydrogens is 744 g/mol. The molecule has 0 fully saturated rings. The lowest BCUT2D eigenvalue weighted by atomic mass is 9.87. The number of unbranched alkanes of at least 4 members (excludes halogenated alkanes) is 8. The molecule has 0 radical (unpaired) electrons. The normalized spacial score (nSPS) is 15.8. The lowest BCUT2D eigenvalue weighted by Crippen LogP contribution is -2.75. The van der Waals surface area contributed by atoms with Crippen molar-refractivity contribution in [2.45, 2.75) is 123 Å². The van der Waals surface area contributed by atoms with Gasteiger partial charge in [0.15, 0.2) is 0 Å². The Morgan fingerprint density at radius 3 is 1.06 bits per heavy atom. The SMILES string of the molecule is O=S(=O)(O)C(F)(F)C(F)(F)OC(F)(F)C(F)(F)C(F)(F)C(F)(F)C(F)(F)C(F)(F)C(F)(F)C(F)(F)CCCCCCCCCCCO. The van der Waals surface area contributed by atoms with E-state index in [1.807, 2.05) is 0 Å². The zero-order chi connectivity index (χ0) is 38.0. The van der Waals surface area contributed by atoms with Crippen molar-refractivity contribution in [3.8, 4) is 0 Å². The van der Waals surface area contributed by atoms with Gasteiger partial charge in [-0.05, 0) is 12.8 Å². The fourth-order valence-electron chi connectivity index (χ4n) is 3.49. The van der Waals surface area contributed by atoms with Gasteiger partial charge in [-0.3, -0.25) is 4.55 Å². The van der Waals surface area contributed by atoms with Crippen LogP contribution in [-0.2, 0) is 14.9 Å². The zero-order valence-electron chi connectivity index (χ0n) is 22.9. The Morgan fingerprint density at radius 2 is 0.723 bits per heavy atom. The summed E-state index contributed by atoms with van der Waals surface area (Å²) in [7, 11) is -7.73. The molecule has 0 aliphatic rings. The zero-order valence-corrected chi connectivity index (χ0v) is 23.7. The van der Waals surface area contributed by atoms with Gasteiger partial charge in [-0.25, -0.2) is 4.74 Å². The first-order valence-corrected chi connectivity index (χ1v) is 14.0. The molecule has 0 aliphatic heterocycles. The van der Waals surface area contributed by atoms with Crippen LogP contribution in [0.1, 0.15) is 64.2 Å². The molecule has 0 saturated heterocycles. The molecule has 0 aromatic carbocycles. The van der Waals surface area contributed by atoms with Crippen molar-refractivity contribution >= 4 is 10.1 Å². The Balaban J connectivity index is 6.22. The minimum Gasteiger partial charge on any atom is -0.396 e. The van der Waals surface area contributed by atoms with Crippen LogP contribution in [0.15, 0.2) is 0 Å². The molecule has 0 atom stereocenters. The summed E-state index contributed by atoms with van der Waals surface area (Å²) in [5.41, 5.74) is 0. The quantitative estimate of drug-likeness (QED) is 0.0653. The van der Waals surface area contributed by atoms with Crippen LogP contribution >= 0.6 is 0 Å². The van der Waals surface area contributed by atoms with Crippen molar-refractivity contribution in [3.05, 3.63) is 0 Å². The number of hydrogen-bond acceptors (Lipinski definition) is 4. The van der Waals surface area contributed by atoms with E-state index in [4.69, 9.17) is 9.66 Å². The van der Waals surface area contributed by atoms with Crippen LogP contribution < -0.4 is 0 Å². The van der Waals surface area contributed by atoms with Gasteiger partial charge in [0.05, 0.1) is 0 Å². The lowest BCUT2D eigenvalue weighted by molar-refractivity contribution is -0.504. The van der Waals surface area contributed by atoms with Gasteiger partial charge in [0.2, 0.25) is 0 Å². The third kappa shape index (κ3) is 8.26. The average Bonchev–Trinajstić information content (AvgIpc) is 2.87. The summed E-state index contributed by atoms with van der Waals surface area (Å²) in [5.74, 6) is -58.9. The van der Waals surface area contributed by atoms with Gasteiger partial charge in [-0.2, -0.15) is 96.2 Å². The van der Waals surface area contributed by atoms with Crippen molar-refractivity contribution in [2.75, 3.05) is 6.61 Å². The van der Waals surface area contributed by atoms with Gasteiger partial charge < -0.3 is 5.11 Å². The largest absolute Gasteiger partial charge is 0.460 e. The molecule has 0 bridgehead atoms. The molecular formula is C21H24F20O5S. The minimum absolute atomic E-state index is 0.0843. The fourth-order valence-corrected chi connectivity index (χ4v) is 3.83. The molecule has 0 aromatic heterocycles. The molecule has 0 aliphatic carbocycles. The predicted octanol–water partition coefficient (Wildman–Crippen LogP) is 9.01. The van der Waals surface area contributed by atoms with E-state index in [1.165, 1.54) is 0 Å². The van der Waals surface area contributed by atoms with Crippen LogP contribution in [0.5, 0.6) is 0 Å². The van der Waals surface area contributed by atoms with Crippen LogP contribution in [0.2, 0.25) is 0 Å². The molecule has 0 rings (SSSR count). The van der Waals surface area contributed by atoms with E-state index in [0.717, 1.165) is 4.74 Å². The summed E-state index contributed by atoms with van der Waals surface area (Å²) in [6.07, 6.45) is -17.9. The van der Waals surface area contributed by atoms with Crippen molar-refractivity contribution in [3.63, 3.8) is 0 Å². The van der Waals surface area contributed by atoms with E-state index in [0.29, 0.717) is 32.1 Å². The standard InChI is InChI=1S/C21H24F20O5S/c22-12(23,10-8-6-4-2-1-3-5-7-9-11-42)13(24,25)14(26,27)15(28,29)16(30,31)17(32,33)18(34,35)19(36,37)46-20(38,39)21(40,41)47(43,44)45/h42H,1-11H2,(H,43,44,45). The second-order valence-corrected chi connectivity index (χ2v) is 11.4. The van der Waals surface area contributed by atoms with Crippen LogP contribution in [0.25, 0.3) is 0 Å². The molecule has 47 heavy (non-hydrogen) atoms. The van der Waals surface area contributed by atoms with Gasteiger partial charge in [0.25, 0.3) is 0 Å². The van der Waals surface area contributed by atoms with Gasteiger partial charge in [0.1, 0.15) is 0 Å². The highest BCUT2D eigenvalue weighted by Crippen LogP contribution is 2.64. The van der Waals surface area contributed by atoms with Crippen LogP contribution in [0.4, 0.5) is 87.8 Å². The number of halogens is 20. The minimum atomic E-state index is -9.09. The maximum absolute atomic E-state index is 14.0. The molecule has 0 aromatic rings. The fraction of sp³-hybridized carbons (Fsp3) is 1.00. The summed E-state index contributed by atoms with van der Waals surface area (Å²) in [4.78, 5) is 0. The van der Waals surface area contributed by atoms with Crippen molar-refractivity contribution in [1.82, 2.24) is 0 Å². The molecule has 0 heterocycles. The van der Waals surface area contributed by atoms with Gasteiger partial charge in [0, 0.05) is 13.0 Å². The number of hydrogen-bond donors (Lipinski definition) is 2. The Hall–Kier alpha value is -1.57. The number of aliphatic hydroxyl groups excluding tert-OH is 1. The van der Waals surface area contributed by atoms with Gasteiger partial charge >= 0.3 is 69.0 Å². The molecule has 0 unspecified atom stereocenters. The third-order valence-electron chi connectivity index (χ3n) is 6.36. The number of rotatable bonds is 22. The maximum Gasteiger partial charge on any atom is 0.460 e. The highest BCUT2D eigenvalue weighted by atomic mass is 32.2. The van der Waals surface area contributed by atoms with E-state index < -0.39 is 88.3 Å². The Morgan fingerprint density at radius 1 is 0.426 bits per heavy atom. The summed E-state index contributed by atoms with van der Waals surface area (Å²) < 4.78 is 303.